The van der Waals surface area contributed by atoms with E-state index in [-0.39, 0.29) is 0 Å². The molecule has 120 valence electrons. The van der Waals surface area contributed by atoms with Gasteiger partial charge < -0.3 is 10.5 Å². The van der Waals surface area contributed by atoms with Crippen molar-refractivity contribution in [3.63, 3.8) is 0 Å². The highest BCUT2D eigenvalue weighted by Crippen LogP contribution is 2.44. The van der Waals surface area contributed by atoms with Crippen LogP contribution in [0, 0.1) is 20.2 Å². The molecule has 0 aliphatic heterocycles. The van der Waals surface area contributed by atoms with E-state index in [4.69, 9.17) is 5.73 Å². The predicted molar refractivity (Wildman–Crippen MR) is 85.4 cm³/mol. The Balaban J connectivity index is 2.98. The molecule has 1 aromatic carbocycles. The molecule has 22 heavy (non-hydrogen) atoms. The first-order valence-electron chi connectivity index (χ1n) is 6.30. The predicted octanol–water partition coefficient (Wildman–Crippen LogP) is 2.25. The topological polar surface area (TPSA) is 129 Å². The van der Waals surface area contributed by atoms with Gasteiger partial charge in [0, 0.05) is 12.2 Å². The number of hydrogen-bond donors (Lipinski definition) is 1. The Kier molecular flexibility index (Phi) is 7.28. The molecular formula is C12H15N3O5S2. The highest BCUT2D eigenvalue weighted by molar-refractivity contribution is 8.77. The molecule has 0 radical (unpaired) electrons. The first-order valence-corrected chi connectivity index (χ1v) is 8.62. The van der Waals surface area contributed by atoms with E-state index < -0.39 is 20.9 Å². The van der Waals surface area contributed by atoms with E-state index >= 15 is 0 Å². The normalized spacial score (nSPS) is 12.6. The third-order valence-corrected chi connectivity index (χ3v) is 5.78. The molecule has 0 saturated heterocycles. The van der Waals surface area contributed by atoms with Gasteiger partial charge in [0.25, 0.3) is 0 Å². The number of rotatable bonds is 10. The lowest BCUT2D eigenvalue weighted by molar-refractivity contribution is -0.765. The van der Waals surface area contributed by atoms with Gasteiger partial charge in [-0.3, -0.25) is 20.2 Å². The largest absolute Gasteiger partial charge is 0.534 e. The van der Waals surface area contributed by atoms with Gasteiger partial charge in [-0.25, -0.2) is 0 Å². The van der Waals surface area contributed by atoms with E-state index in [1.807, 2.05) is 0 Å². The number of carbonyl (C=O) groups excluding carboxylic acids is 1. The molecule has 8 nitrogen and oxygen atoms in total. The molecule has 0 amide bonds. The maximum absolute atomic E-state index is 11.4. The molecule has 0 aliphatic carbocycles. The SMILES string of the molecule is NC(c1ccccc1)C(SSCCCC=O)([N+](=O)[O-])[N+](=O)[O-]. The quantitative estimate of drug-likeness (QED) is 0.171. The average Bonchev–Trinajstić information content (AvgIpc) is 2.50. The molecule has 1 aromatic rings. The molecule has 10 heteroatoms. The van der Waals surface area contributed by atoms with Crippen LogP contribution in [0.4, 0.5) is 0 Å². The van der Waals surface area contributed by atoms with Crippen molar-refractivity contribution in [1.29, 1.82) is 0 Å². The van der Waals surface area contributed by atoms with Gasteiger partial charge in [0.15, 0.2) is 6.04 Å². The second kappa shape index (κ2) is 8.71. The molecule has 0 fully saturated rings. The Morgan fingerprint density at radius 2 is 1.82 bits per heavy atom. The molecule has 0 spiro atoms. The van der Waals surface area contributed by atoms with Gasteiger partial charge >= 0.3 is 4.99 Å². The fourth-order valence-electron chi connectivity index (χ4n) is 1.64. The van der Waals surface area contributed by atoms with Crippen LogP contribution in [-0.4, -0.2) is 26.9 Å². The van der Waals surface area contributed by atoms with Gasteiger partial charge in [-0.2, -0.15) is 0 Å². The summed E-state index contributed by atoms with van der Waals surface area (Å²) in [5.41, 5.74) is 6.16. The summed E-state index contributed by atoms with van der Waals surface area (Å²) < 4.78 is 0. The molecule has 1 atom stereocenters. The summed E-state index contributed by atoms with van der Waals surface area (Å²) in [7, 11) is 1.49. The number of unbranched alkanes of at least 4 members (excludes halogenated alkanes) is 1. The van der Waals surface area contributed by atoms with Gasteiger partial charge in [-0.15, -0.1) is 0 Å². The second-order valence-electron chi connectivity index (χ2n) is 4.28. The monoisotopic (exact) mass is 345 g/mol. The van der Waals surface area contributed by atoms with Crippen molar-refractivity contribution in [1.82, 2.24) is 0 Å². The van der Waals surface area contributed by atoms with E-state index in [0.29, 0.717) is 35.0 Å². The van der Waals surface area contributed by atoms with Crippen molar-refractivity contribution < 1.29 is 14.6 Å². The highest BCUT2D eigenvalue weighted by Gasteiger charge is 2.63. The van der Waals surface area contributed by atoms with E-state index in [1.165, 1.54) is 12.1 Å². The Hall–Kier alpha value is -1.65. The van der Waals surface area contributed by atoms with Crippen LogP contribution in [0.15, 0.2) is 30.3 Å². The zero-order valence-electron chi connectivity index (χ0n) is 11.5. The molecule has 0 saturated carbocycles. The summed E-state index contributed by atoms with van der Waals surface area (Å²) in [6, 6.07) is 6.55. The lowest BCUT2D eigenvalue weighted by atomic mass is 10.1. The first-order chi connectivity index (χ1) is 10.5. The van der Waals surface area contributed by atoms with Crippen LogP contribution in [0.1, 0.15) is 24.4 Å². The smallest absolute Gasteiger partial charge is 0.311 e. The van der Waals surface area contributed by atoms with Gasteiger partial charge in [-0.05, 0) is 12.0 Å². The van der Waals surface area contributed by atoms with Crippen molar-refractivity contribution in [3.8, 4) is 0 Å². The van der Waals surface area contributed by atoms with Crippen LogP contribution in [0.3, 0.4) is 0 Å². The lowest BCUT2D eigenvalue weighted by Crippen LogP contribution is -2.51. The van der Waals surface area contributed by atoms with Crippen LogP contribution in [-0.2, 0) is 4.79 Å². The summed E-state index contributed by atoms with van der Waals surface area (Å²) in [5.74, 6) is 0.383. The molecule has 1 rings (SSSR count). The van der Waals surface area contributed by atoms with Gasteiger partial charge in [-0.1, -0.05) is 41.1 Å². The molecule has 0 aliphatic rings. The Labute approximate surface area is 134 Å². The first kappa shape index (κ1) is 18.4. The van der Waals surface area contributed by atoms with Crippen LogP contribution in [0.5, 0.6) is 0 Å². The number of benzene rings is 1. The maximum Gasteiger partial charge on any atom is 0.534 e. The van der Waals surface area contributed by atoms with Crippen molar-refractivity contribution in [2.24, 2.45) is 5.73 Å². The number of nitro groups is 2. The fraction of sp³-hybridized carbons (Fsp3) is 0.417. The molecule has 0 aromatic heterocycles. The highest BCUT2D eigenvalue weighted by atomic mass is 33.1. The number of aldehydes is 1. The van der Waals surface area contributed by atoms with E-state index in [1.54, 1.807) is 18.2 Å². The van der Waals surface area contributed by atoms with Crippen LogP contribution in [0.2, 0.25) is 0 Å². The minimum absolute atomic E-state index is 0.308. The van der Waals surface area contributed by atoms with Crippen LogP contribution in [0.25, 0.3) is 0 Å². The molecule has 2 N–H and O–H groups in total. The standard InChI is InChI=1S/C12H15N3O5S2/c13-11(10-6-2-1-3-7-10)12(14(17)18,15(19)20)22-21-9-5-4-8-16/h1-3,6-8,11H,4-5,9,13H2. The zero-order chi connectivity index (χ0) is 16.6. The fourth-order valence-corrected chi connectivity index (χ4v) is 4.34. The summed E-state index contributed by atoms with van der Waals surface area (Å²) in [6.07, 6.45) is 1.53. The number of hydrogen-bond acceptors (Lipinski definition) is 8. The van der Waals surface area contributed by atoms with Gasteiger partial charge in [0.2, 0.25) is 0 Å². The second-order valence-corrected chi connectivity index (χ2v) is 6.89. The number of nitrogens with zero attached hydrogens (tertiary/aromatic N) is 2. The maximum atomic E-state index is 11.4. The molecule has 0 heterocycles. The van der Waals surface area contributed by atoms with Crippen LogP contribution < -0.4 is 5.73 Å². The third-order valence-electron chi connectivity index (χ3n) is 2.82. The van der Waals surface area contributed by atoms with Crippen molar-refractivity contribution in [2.75, 3.05) is 5.75 Å². The van der Waals surface area contributed by atoms with Crippen molar-refractivity contribution in [3.05, 3.63) is 56.1 Å². The zero-order valence-corrected chi connectivity index (χ0v) is 13.1. The summed E-state index contributed by atoms with van der Waals surface area (Å²) in [4.78, 5) is 28.5. The number of nitrogens with two attached hydrogens (primary N) is 1. The molecule has 1 unspecified atom stereocenters. The van der Waals surface area contributed by atoms with Crippen LogP contribution >= 0.6 is 21.6 Å². The Bertz CT molecular complexity index is 515. The summed E-state index contributed by atoms with van der Waals surface area (Å²) in [6.45, 7) is 0. The van der Waals surface area contributed by atoms with Gasteiger partial charge in [0.1, 0.15) is 16.1 Å². The van der Waals surface area contributed by atoms with E-state index in [0.717, 1.165) is 17.1 Å². The average molecular weight is 345 g/mol. The third kappa shape index (κ3) is 4.18. The van der Waals surface area contributed by atoms with E-state index in [2.05, 4.69) is 0 Å². The van der Waals surface area contributed by atoms with Gasteiger partial charge in [0.05, 0.1) is 10.8 Å². The van der Waals surface area contributed by atoms with E-state index in [9.17, 15) is 25.0 Å². The van der Waals surface area contributed by atoms with Crippen molar-refractivity contribution >= 4 is 27.9 Å². The minimum atomic E-state index is -2.58. The Morgan fingerprint density at radius 1 is 1.23 bits per heavy atom. The summed E-state index contributed by atoms with van der Waals surface area (Å²) >= 11 is 0. The minimum Gasteiger partial charge on any atom is -0.311 e. The molecule has 0 bridgehead atoms. The summed E-state index contributed by atoms with van der Waals surface area (Å²) in [5, 5.41) is 22.8. The Morgan fingerprint density at radius 3 is 2.32 bits per heavy atom. The van der Waals surface area contributed by atoms with Crippen molar-refractivity contribution in [2.45, 2.75) is 23.9 Å². The molecular weight excluding hydrogens is 330 g/mol. The lowest BCUT2D eigenvalue weighted by Gasteiger charge is -2.21. The number of carbonyl (C=O) groups is 1.